The van der Waals surface area contributed by atoms with Gasteiger partial charge in [-0.2, -0.15) is 0 Å². The van der Waals surface area contributed by atoms with Crippen LogP contribution < -0.4 is 5.32 Å². The van der Waals surface area contributed by atoms with Crippen LogP contribution in [-0.4, -0.2) is 44.7 Å². The predicted molar refractivity (Wildman–Crippen MR) is 109 cm³/mol. The Morgan fingerprint density at radius 1 is 1.24 bits per heavy atom. The number of rotatable bonds is 10. The van der Waals surface area contributed by atoms with Crippen molar-refractivity contribution in [3.8, 4) is 0 Å². The van der Waals surface area contributed by atoms with Crippen LogP contribution in [0.5, 0.6) is 0 Å². The summed E-state index contributed by atoms with van der Waals surface area (Å²) in [6.07, 6.45) is 2.64. The first-order valence-corrected chi connectivity index (χ1v) is 10.2. The van der Waals surface area contributed by atoms with Gasteiger partial charge in [-0.25, -0.2) is 4.39 Å². The van der Waals surface area contributed by atoms with Crippen molar-refractivity contribution >= 4 is 17.7 Å². The smallest absolute Gasteiger partial charge is 0.230 e. The van der Waals surface area contributed by atoms with E-state index in [-0.39, 0.29) is 17.5 Å². The highest BCUT2D eigenvalue weighted by Crippen LogP contribution is 2.19. The van der Waals surface area contributed by atoms with Crippen LogP contribution in [0.2, 0.25) is 0 Å². The first-order valence-electron chi connectivity index (χ1n) is 9.22. The third kappa shape index (κ3) is 5.91. The minimum absolute atomic E-state index is 0.121. The second-order valence-corrected chi connectivity index (χ2v) is 7.46. The lowest BCUT2D eigenvalue weighted by Gasteiger charge is -2.10. The minimum atomic E-state index is -0.294. The normalized spacial score (nSPS) is 11.0. The number of ether oxygens (including phenoxy) is 1. The standard InChI is InChI=1S/C20H24FN5O2S/c1-25-9-3-4-17(25)12-18-23-24-20(26(18)10-11-28-2)29-14-19(27)22-13-15-5-7-16(21)8-6-15/h3-9H,10-14H2,1-2H3,(H,22,27). The Hall–Kier alpha value is -2.65. The van der Waals surface area contributed by atoms with E-state index < -0.39 is 0 Å². The van der Waals surface area contributed by atoms with Gasteiger partial charge >= 0.3 is 0 Å². The number of thioether (sulfide) groups is 1. The molecule has 0 aliphatic heterocycles. The average molecular weight is 418 g/mol. The summed E-state index contributed by atoms with van der Waals surface area (Å²) in [6.45, 7) is 1.50. The van der Waals surface area contributed by atoms with Crippen LogP contribution in [-0.2, 0) is 36.1 Å². The van der Waals surface area contributed by atoms with Gasteiger partial charge < -0.3 is 19.2 Å². The summed E-state index contributed by atoms with van der Waals surface area (Å²) in [6, 6.07) is 10.1. The van der Waals surface area contributed by atoms with Crippen molar-refractivity contribution in [2.75, 3.05) is 19.5 Å². The number of aryl methyl sites for hydroxylation is 1. The Morgan fingerprint density at radius 2 is 2.03 bits per heavy atom. The summed E-state index contributed by atoms with van der Waals surface area (Å²) in [5.41, 5.74) is 1.97. The fourth-order valence-electron chi connectivity index (χ4n) is 2.79. The zero-order chi connectivity index (χ0) is 20.6. The number of carbonyl (C=O) groups excluding carboxylic acids is 1. The lowest BCUT2D eigenvalue weighted by atomic mass is 10.2. The number of amides is 1. The van der Waals surface area contributed by atoms with Crippen LogP contribution in [0.25, 0.3) is 0 Å². The van der Waals surface area contributed by atoms with Gasteiger partial charge in [-0.3, -0.25) is 4.79 Å². The topological polar surface area (TPSA) is 74.0 Å². The van der Waals surface area contributed by atoms with Crippen LogP contribution in [0.3, 0.4) is 0 Å². The van der Waals surface area contributed by atoms with Crippen molar-refractivity contribution in [3.63, 3.8) is 0 Å². The van der Waals surface area contributed by atoms with E-state index in [2.05, 4.69) is 15.5 Å². The Kier molecular flexibility index (Phi) is 7.42. The van der Waals surface area contributed by atoms with Gasteiger partial charge in [-0.15, -0.1) is 10.2 Å². The second kappa shape index (κ2) is 10.2. The van der Waals surface area contributed by atoms with Crippen molar-refractivity contribution in [3.05, 3.63) is 65.5 Å². The second-order valence-electron chi connectivity index (χ2n) is 6.52. The third-order valence-corrected chi connectivity index (χ3v) is 5.41. The molecule has 7 nitrogen and oxygen atoms in total. The molecule has 0 aliphatic carbocycles. The molecule has 29 heavy (non-hydrogen) atoms. The fourth-order valence-corrected chi connectivity index (χ4v) is 3.60. The van der Waals surface area contributed by atoms with Gasteiger partial charge in [0.2, 0.25) is 5.91 Å². The first-order chi connectivity index (χ1) is 14.1. The summed E-state index contributed by atoms with van der Waals surface area (Å²) in [5.74, 6) is 0.635. The Morgan fingerprint density at radius 3 is 2.72 bits per heavy atom. The molecule has 0 saturated carbocycles. The van der Waals surface area contributed by atoms with Crippen molar-refractivity contribution in [2.45, 2.75) is 24.7 Å². The van der Waals surface area contributed by atoms with Crippen LogP contribution in [0.4, 0.5) is 4.39 Å². The maximum atomic E-state index is 12.9. The van der Waals surface area contributed by atoms with Crippen LogP contribution in [0, 0.1) is 5.82 Å². The number of benzene rings is 1. The number of methoxy groups -OCH3 is 1. The van der Waals surface area contributed by atoms with E-state index in [0.717, 1.165) is 17.1 Å². The lowest BCUT2D eigenvalue weighted by Crippen LogP contribution is -2.24. The largest absolute Gasteiger partial charge is 0.383 e. The summed E-state index contributed by atoms with van der Waals surface area (Å²) < 4.78 is 22.2. The molecule has 1 N–H and O–H groups in total. The van der Waals surface area contributed by atoms with E-state index in [1.54, 1.807) is 19.2 Å². The fraction of sp³-hybridized carbons (Fsp3) is 0.350. The highest BCUT2D eigenvalue weighted by Gasteiger charge is 2.15. The van der Waals surface area contributed by atoms with E-state index in [0.29, 0.717) is 31.3 Å². The predicted octanol–water partition coefficient (Wildman–Crippen LogP) is 2.40. The molecule has 0 fully saturated rings. The molecule has 3 aromatic rings. The van der Waals surface area contributed by atoms with Crippen molar-refractivity contribution in [2.24, 2.45) is 7.05 Å². The number of hydrogen-bond acceptors (Lipinski definition) is 5. The maximum Gasteiger partial charge on any atom is 0.230 e. The van der Waals surface area contributed by atoms with Crippen molar-refractivity contribution in [1.29, 1.82) is 0 Å². The third-order valence-electron chi connectivity index (χ3n) is 4.44. The Bertz CT molecular complexity index is 939. The summed E-state index contributed by atoms with van der Waals surface area (Å²) >= 11 is 1.34. The zero-order valence-electron chi connectivity index (χ0n) is 16.5. The molecule has 0 aliphatic rings. The van der Waals surface area contributed by atoms with Gasteiger partial charge in [0.1, 0.15) is 11.6 Å². The quantitative estimate of drug-likeness (QED) is 0.513. The molecular formula is C20H24FN5O2S. The van der Waals surface area contributed by atoms with Gasteiger partial charge in [-0.1, -0.05) is 23.9 Å². The van der Waals surface area contributed by atoms with E-state index >= 15 is 0 Å². The first kappa shape index (κ1) is 21.1. The number of nitrogens with zero attached hydrogens (tertiary/aromatic N) is 4. The van der Waals surface area contributed by atoms with Gasteiger partial charge in [-0.05, 0) is 29.8 Å². The molecule has 2 aromatic heterocycles. The minimum Gasteiger partial charge on any atom is -0.383 e. The van der Waals surface area contributed by atoms with Gasteiger partial charge in [0, 0.05) is 45.6 Å². The zero-order valence-corrected chi connectivity index (χ0v) is 17.3. The molecule has 0 spiro atoms. The van der Waals surface area contributed by atoms with E-state index in [1.165, 1.54) is 23.9 Å². The van der Waals surface area contributed by atoms with Crippen molar-refractivity contribution in [1.82, 2.24) is 24.6 Å². The molecule has 2 heterocycles. The molecule has 3 rings (SSSR count). The van der Waals surface area contributed by atoms with E-state index in [4.69, 9.17) is 4.74 Å². The number of carbonyl (C=O) groups is 1. The summed E-state index contributed by atoms with van der Waals surface area (Å²) in [4.78, 5) is 12.2. The molecular weight excluding hydrogens is 393 g/mol. The Labute approximate surface area is 173 Å². The molecule has 0 unspecified atom stereocenters. The molecule has 0 atom stereocenters. The molecule has 1 aromatic carbocycles. The van der Waals surface area contributed by atoms with Crippen LogP contribution in [0.15, 0.2) is 47.8 Å². The highest BCUT2D eigenvalue weighted by molar-refractivity contribution is 7.99. The highest BCUT2D eigenvalue weighted by atomic mass is 32.2. The molecule has 0 bridgehead atoms. The maximum absolute atomic E-state index is 12.9. The van der Waals surface area contributed by atoms with Gasteiger partial charge in [0.25, 0.3) is 0 Å². The average Bonchev–Trinajstić information content (AvgIpc) is 3.30. The number of aromatic nitrogens is 4. The monoisotopic (exact) mass is 417 g/mol. The van der Waals surface area contributed by atoms with Crippen LogP contribution in [0.1, 0.15) is 17.1 Å². The summed E-state index contributed by atoms with van der Waals surface area (Å²) in [5, 5.41) is 12.1. The Balaban J connectivity index is 1.59. The number of nitrogens with one attached hydrogen (secondary N) is 1. The van der Waals surface area contributed by atoms with Crippen LogP contribution >= 0.6 is 11.8 Å². The molecule has 0 saturated heterocycles. The lowest BCUT2D eigenvalue weighted by molar-refractivity contribution is -0.118. The van der Waals surface area contributed by atoms with Crippen molar-refractivity contribution < 1.29 is 13.9 Å². The SMILES string of the molecule is COCCn1c(Cc2cccn2C)nnc1SCC(=O)NCc1ccc(F)cc1. The molecule has 9 heteroatoms. The van der Waals surface area contributed by atoms with Gasteiger partial charge in [0.05, 0.1) is 12.4 Å². The number of hydrogen-bond donors (Lipinski definition) is 1. The molecule has 1 amide bonds. The molecule has 0 radical (unpaired) electrons. The number of halogens is 1. The van der Waals surface area contributed by atoms with E-state index in [1.807, 2.05) is 34.5 Å². The summed E-state index contributed by atoms with van der Waals surface area (Å²) in [7, 11) is 3.64. The van der Waals surface area contributed by atoms with Gasteiger partial charge in [0.15, 0.2) is 5.16 Å². The van der Waals surface area contributed by atoms with E-state index in [9.17, 15) is 9.18 Å². The molecule has 154 valence electrons.